The van der Waals surface area contributed by atoms with E-state index >= 15 is 0 Å². The van der Waals surface area contributed by atoms with Crippen molar-refractivity contribution >= 4 is 23.2 Å². The number of pyridine rings is 1. The van der Waals surface area contributed by atoms with E-state index in [0.29, 0.717) is 15.7 Å². The van der Waals surface area contributed by atoms with Gasteiger partial charge < -0.3 is 0 Å². The lowest BCUT2D eigenvalue weighted by molar-refractivity contribution is 1.26. The van der Waals surface area contributed by atoms with Gasteiger partial charge in [0.15, 0.2) is 0 Å². The van der Waals surface area contributed by atoms with E-state index in [4.69, 9.17) is 28.5 Å². The monoisotopic (exact) mass is 248 g/mol. The first-order valence-electron chi connectivity index (χ1n) is 4.53. The van der Waals surface area contributed by atoms with Gasteiger partial charge in [-0.05, 0) is 29.8 Å². The Hall–Kier alpha value is -1.56. The van der Waals surface area contributed by atoms with E-state index in [0.717, 1.165) is 11.1 Å². The molecule has 16 heavy (non-hydrogen) atoms. The summed E-state index contributed by atoms with van der Waals surface area (Å²) in [6.45, 7) is 0. The van der Waals surface area contributed by atoms with Crippen molar-refractivity contribution in [1.82, 2.24) is 4.98 Å². The molecule has 0 radical (unpaired) electrons. The first-order valence-corrected chi connectivity index (χ1v) is 5.28. The topological polar surface area (TPSA) is 36.7 Å². The van der Waals surface area contributed by atoms with E-state index < -0.39 is 0 Å². The molecule has 2 rings (SSSR count). The molecular weight excluding hydrogens is 243 g/mol. The first kappa shape index (κ1) is 10.9. The van der Waals surface area contributed by atoms with Crippen LogP contribution in [0.15, 0.2) is 36.5 Å². The van der Waals surface area contributed by atoms with Gasteiger partial charge in [-0.1, -0.05) is 29.3 Å². The third-order valence-electron chi connectivity index (χ3n) is 2.14. The van der Waals surface area contributed by atoms with Crippen LogP contribution >= 0.6 is 23.2 Å². The van der Waals surface area contributed by atoms with Gasteiger partial charge in [-0.2, -0.15) is 5.26 Å². The molecular formula is C12H6Cl2N2. The lowest BCUT2D eigenvalue weighted by atomic mass is 10.0. The molecule has 0 aliphatic carbocycles. The molecule has 2 aromatic rings. The van der Waals surface area contributed by atoms with Crippen molar-refractivity contribution < 1.29 is 0 Å². The van der Waals surface area contributed by atoms with Gasteiger partial charge in [-0.3, -0.25) is 0 Å². The average Bonchev–Trinajstić information content (AvgIpc) is 2.32. The van der Waals surface area contributed by atoms with Crippen molar-refractivity contribution in [2.24, 2.45) is 0 Å². The van der Waals surface area contributed by atoms with Crippen molar-refractivity contribution in [3.05, 3.63) is 52.3 Å². The summed E-state index contributed by atoms with van der Waals surface area (Å²) in [5, 5.41) is 9.89. The first-order chi connectivity index (χ1) is 7.72. The van der Waals surface area contributed by atoms with E-state index in [1.165, 1.54) is 0 Å². The average molecular weight is 249 g/mol. The van der Waals surface area contributed by atoms with Crippen molar-refractivity contribution in [3.63, 3.8) is 0 Å². The Morgan fingerprint density at radius 2 is 1.94 bits per heavy atom. The zero-order valence-electron chi connectivity index (χ0n) is 8.11. The summed E-state index contributed by atoms with van der Waals surface area (Å²) in [5.74, 6) is 0. The molecule has 0 amide bonds. The van der Waals surface area contributed by atoms with Crippen molar-refractivity contribution in [2.75, 3.05) is 0 Å². The maximum absolute atomic E-state index is 8.93. The van der Waals surface area contributed by atoms with Crippen LogP contribution in [0, 0.1) is 11.3 Å². The number of rotatable bonds is 1. The fourth-order valence-electron chi connectivity index (χ4n) is 1.39. The summed E-state index contributed by atoms with van der Waals surface area (Å²) in [6, 6.07) is 10.9. The minimum Gasteiger partial charge on any atom is -0.245 e. The second-order valence-corrected chi connectivity index (χ2v) is 3.95. The summed E-state index contributed by atoms with van der Waals surface area (Å²) in [6.07, 6.45) is 1.58. The largest absolute Gasteiger partial charge is 0.245 e. The van der Waals surface area contributed by atoms with Gasteiger partial charge >= 0.3 is 0 Å². The second-order valence-electron chi connectivity index (χ2n) is 3.14. The van der Waals surface area contributed by atoms with Gasteiger partial charge in [0, 0.05) is 11.8 Å². The highest BCUT2D eigenvalue weighted by molar-refractivity contribution is 6.42. The molecule has 0 fully saturated rings. The summed E-state index contributed by atoms with van der Waals surface area (Å²) in [5.41, 5.74) is 1.96. The van der Waals surface area contributed by atoms with Crippen molar-refractivity contribution in [3.8, 4) is 17.2 Å². The molecule has 0 saturated carbocycles. The molecule has 0 N–H and O–H groups in total. The quantitative estimate of drug-likeness (QED) is 0.767. The van der Waals surface area contributed by atoms with Crippen LogP contribution in [0.4, 0.5) is 0 Å². The minimum absolute atomic E-state index is 0.376. The van der Waals surface area contributed by atoms with E-state index in [2.05, 4.69) is 4.98 Å². The normalized spacial score (nSPS) is 9.81. The van der Waals surface area contributed by atoms with Gasteiger partial charge in [0.1, 0.15) is 11.8 Å². The van der Waals surface area contributed by atoms with Gasteiger partial charge in [0.05, 0.1) is 10.0 Å². The fourth-order valence-corrected chi connectivity index (χ4v) is 1.69. The van der Waals surface area contributed by atoms with Crippen molar-refractivity contribution in [1.29, 1.82) is 5.26 Å². The molecule has 2 nitrogen and oxygen atoms in total. The Balaban J connectivity index is 2.60. The molecule has 1 heterocycles. The van der Waals surface area contributed by atoms with Crippen LogP contribution in [-0.4, -0.2) is 4.98 Å². The Bertz CT molecular complexity index is 573. The van der Waals surface area contributed by atoms with Crippen LogP contribution in [0.1, 0.15) is 5.69 Å². The van der Waals surface area contributed by atoms with E-state index in [1.54, 1.807) is 24.4 Å². The zero-order chi connectivity index (χ0) is 11.5. The van der Waals surface area contributed by atoms with Crippen LogP contribution in [0.3, 0.4) is 0 Å². The summed E-state index contributed by atoms with van der Waals surface area (Å²) in [4.78, 5) is 3.99. The summed E-state index contributed by atoms with van der Waals surface area (Å²) < 4.78 is 0. The van der Waals surface area contributed by atoms with Crippen LogP contribution < -0.4 is 0 Å². The lowest BCUT2D eigenvalue weighted by Crippen LogP contribution is -1.87. The minimum atomic E-state index is 0.376. The van der Waals surface area contributed by atoms with Gasteiger partial charge in [-0.15, -0.1) is 0 Å². The van der Waals surface area contributed by atoms with Gasteiger partial charge in [0.2, 0.25) is 0 Å². The third kappa shape index (κ3) is 2.01. The molecule has 1 aromatic carbocycles. The van der Waals surface area contributed by atoms with Crippen LogP contribution in [-0.2, 0) is 0 Å². The van der Waals surface area contributed by atoms with Gasteiger partial charge in [0.25, 0.3) is 0 Å². The molecule has 0 aliphatic heterocycles. The number of hydrogen-bond acceptors (Lipinski definition) is 2. The highest BCUT2D eigenvalue weighted by Crippen LogP contribution is 2.29. The maximum atomic E-state index is 8.93. The SMILES string of the molecule is N#Cc1ncccc1-c1ccc(Cl)c(Cl)c1. The standard InChI is InChI=1S/C12H6Cl2N2/c13-10-4-3-8(6-11(10)14)9-2-1-5-16-12(9)7-15/h1-6H. The van der Waals surface area contributed by atoms with E-state index in [-0.39, 0.29) is 0 Å². The second kappa shape index (κ2) is 4.52. The molecule has 0 spiro atoms. The number of aromatic nitrogens is 1. The molecule has 0 aliphatic rings. The number of nitriles is 1. The Labute approximate surface area is 103 Å². The number of halogens is 2. The van der Waals surface area contributed by atoms with E-state index in [1.807, 2.05) is 18.2 Å². The lowest BCUT2D eigenvalue weighted by Gasteiger charge is -2.04. The van der Waals surface area contributed by atoms with Crippen molar-refractivity contribution in [2.45, 2.75) is 0 Å². The molecule has 4 heteroatoms. The van der Waals surface area contributed by atoms with Crippen LogP contribution in [0.5, 0.6) is 0 Å². The molecule has 78 valence electrons. The zero-order valence-corrected chi connectivity index (χ0v) is 9.63. The maximum Gasteiger partial charge on any atom is 0.148 e. The number of benzene rings is 1. The molecule has 1 aromatic heterocycles. The number of hydrogen-bond donors (Lipinski definition) is 0. The van der Waals surface area contributed by atoms with Gasteiger partial charge in [-0.25, -0.2) is 4.98 Å². The fraction of sp³-hybridized carbons (Fsp3) is 0. The predicted molar refractivity (Wildman–Crippen MR) is 64.4 cm³/mol. The molecule has 0 unspecified atom stereocenters. The highest BCUT2D eigenvalue weighted by atomic mass is 35.5. The third-order valence-corrected chi connectivity index (χ3v) is 2.88. The Morgan fingerprint density at radius 1 is 1.12 bits per heavy atom. The summed E-state index contributed by atoms with van der Waals surface area (Å²) in [7, 11) is 0. The predicted octanol–water partition coefficient (Wildman–Crippen LogP) is 3.93. The summed E-state index contributed by atoms with van der Waals surface area (Å²) >= 11 is 11.8. The molecule has 0 atom stereocenters. The Morgan fingerprint density at radius 3 is 2.62 bits per heavy atom. The van der Waals surface area contributed by atoms with E-state index in [9.17, 15) is 0 Å². The smallest absolute Gasteiger partial charge is 0.148 e. The van der Waals surface area contributed by atoms with Crippen LogP contribution in [0.25, 0.3) is 11.1 Å². The highest BCUT2D eigenvalue weighted by Gasteiger charge is 2.07. The Kier molecular flexibility index (Phi) is 3.09. The molecule has 0 saturated heterocycles. The van der Waals surface area contributed by atoms with Crippen LogP contribution in [0.2, 0.25) is 10.0 Å². The number of nitrogens with zero attached hydrogens (tertiary/aromatic N) is 2. The molecule has 0 bridgehead atoms.